The number of ether oxygens (including phenoxy) is 2. The lowest BCUT2D eigenvalue weighted by Gasteiger charge is -2.43. The summed E-state index contributed by atoms with van der Waals surface area (Å²) in [5.41, 5.74) is 6.23. The molecule has 3 aromatic carbocycles. The number of nitrogens with zero attached hydrogens (tertiary/aromatic N) is 4. The second kappa shape index (κ2) is 22.6. The van der Waals surface area contributed by atoms with Crippen molar-refractivity contribution in [3.63, 3.8) is 0 Å². The van der Waals surface area contributed by atoms with Crippen LogP contribution in [0, 0.1) is 0 Å². The highest BCUT2D eigenvalue weighted by atomic mass is 31.3. The topological polar surface area (TPSA) is 312 Å². The summed E-state index contributed by atoms with van der Waals surface area (Å²) in [5, 5.41) is 15.2. The summed E-state index contributed by atoms with van der Waals surface area (Å²) in [7, 11) is -15.6. The molecule has 0 spiro atoms. The second-order valence-corrected chi connectivity index (χ2v) is 25.2. The zero-order valence-electron chi connectivity index (χ0n) is 45.1. The van der Waals surface area contributed by atoms with Crippen LogP contribution in [0.5, 0.6) is 11.5 Å². The summed E-state index contributed by atoms with van der Waals surface area (Å²) in [5.74, 6) is 0.816. The Balaban J connectivity index is 0.949. The number of benzene rings is 3. The third-order valence-electron chi connectivity index (χ3n) is 14.3. The molecule has 1 fully saturated rings. The number of phosphoric acid groups is 3. The van der Waals surface area contributed by atoms with Crippen molar-refractivity contribution >= 4 is 63.8 Å². The third-order valence-corrected chi connectivity index (χ3v) is 18.0. The molecule has 0 aliphatic carbocycles. The monoisotopic (exact) mass is 1150 g/mol. The van der Waals surface area contributed by atoms with Crippen molar-refractivity contribution in [1.82, 2.24) is 24.3 Å². The van der Waals surface area contributed by atoms with Crippen molar-refractivity contribution in [3.05, 3.63) is 138 Å². The molecule has 1 aromatic heterocycles. The molecule has 6 N–H and O–H groups in total. The molecule has 0 saturated carbocycles. The zero-order valence-corrected chi connectivity index (χ0v) is 47.8. The number of carbonyl (C=O) groups is 2. The molecule has 0 radical (unpaired) electrons. The molecule has 424 valence electrons. The van der Waals surface area contributed by atoms with Crippen LogP contribution in [0.1, 0.15) is 119 Å². The number of rotatable bonds is 19. The minimum Gasteiger partial charge on any atom is -0.756 e. The van der Waals surface area contributed by atoms with Crippen LogP contribution < -0.4 is 46.2 Å². The van der Waals surface area contributed by atoms with E-state index in [0.29, 0.717) is 23.5 Å². The first kappa shape index (κ1) is 59.2. The molecule has 4 aromatic rings. The van der Waals surface area contributed by atoms with Crippen LogP contribution in [0.2, 0.25) is 0 Å². The number of amides is 2. The molecule has 5 heterocycles. The van der Waals surface area contributed by atoms with Gasteiger partial charge in [0.25, 0.3) is 19.3 Å². The van der Waals surface area contributed by atoms with E-state index < -0.39 is 59.8 Å². The quantitative estimate of drug-likeness (QED) is 0.0484. The van der Waals surface area contributed by atoms with Gasteiger partial charge in [0, 0.05) is 104 Å². The van der Waals surface area contributed by atoms with E-state index >= 15 is 0 Å². The first-order valence-electron chi connectivity index (χ1n) is 25.5. The molecule has 6 atom stereocenters. The minimum atomic E-state index is -5.88. The smallest absolute Gasteiger partial charge is 0.487 e. The number of allylic oxidation sites excluding steroid dienone is 2. The predicted molar refractivity (Wildman–Crippen MR) is 292 cm³/mol. The molecule has 23 nitrogen and oxygen atoms in total. The van der Waals surface area contributed by atoms with Crippen LogP contribution in [-0.4, -0.2) is 109 Å². The number of aliphatic hydroxyl groups excluding tert-OH is 1. The van der Waals surface area contributed by atoms with Crippen LogP contribution in [0.25, 0.3) is 22.8 Å². The van der Waals surface area contributed by atoms with Crippen molar-refractivity contribution in [1.29, 1.82) is 0 Å². The van der Waals surface area contributed by atoms with Gasteiger partial charge in [0.2, 0.25) is 11.3 Å². The number of nitrogens with one attached hydrogen (secondary N) is 2. The number of phosphoric ester groups is 1. The van der Waals surface area contributed by atoms with E-state index in [2.05, 4.69) is 125 Å². The average molecular weight is 1150 g/mol. The fourth-order valence-electron chi connectivity index (χ4n) is 10.9. The number of aromatic nitrogens is 2. The van der Waals surface area contributed by atoms with Gasteiger partial charge in [-0.05, 0) is 88.9 Å². The number of aliphatic hydroxyl groups is 1. The molecule has 79 heavy (non-hydrogen) atoms. The Hall–Kier alpha value is -5.90. The van der Waals surface area contributed by atoms with E-state index in [-0.39, 0.29) is 54.4 Å². The zero-order chi connectivity index (χ0) is 57.7. The Bertz CT molecular complexity index is 3640. The van der Waals surface area contributed by atoms with Gasteiger partial charge in [-0.2, -0.15) is 4.31 Å². The first-order chi connectivity index (χ1) is 36.9. The van der Waals surface area contributed by atoms with Gasteiger partial charge in [-0.3, -0.25) is 33.0 Å². The fraction of sp³-hybridized carbons (Fsp3) is 0.415. The Morgan fingerprint density at radius 3 is 2.35 bits per heavy atom. The summed E-state index contributed by atoms with van der Waals surface area (Å²) < 4.78 is 62.1. The van der Waals surface area contributed by atoms with Crippen LogP contribution >= 0.6 is 23.5 Å². The maximum atomic E-state index is 14.7. The van der Waals surface area contributed by atoms with Gasteiger partial charge < -0.3 is 49.3 Å². The van der Waals surface area contributed by atoms with Gasteiger partial charge in [0.15, 0.2) is 5.54 Å². The number of hydrogen-bond donors (Lipinski definition) is 6. The highest BCUT2D eigenvalue weighted by molar-refractivity contribution is 7.66. The summed E-state index contributed by atoms with van der Waals surface area (Å²) in [6, 6.07) is 16.2. The molecule has 0 bridgehead atoms. The summed E-state index contributed by atoms with van der Waals surface area (Å²) >= 11 is 0. The van der Waals surface area contributed by atoms with E-state index in [1.54, 1.807) is 11.9 Å². The molecule has 1 saturated heterocycles. The van der Waals surface area contributed by atoms with Gasteiger partial charge in [0.05, 0.1) is 29.9 Å². The van der Waals surface area contributed by atoms with Crippen molar-refractivity contribution in [2.75, 3.05) is 44.7 Å². The number of aromatic amines is 1. The van der Waals surface area contributed by atoms with Gasteiger partial charge in [-0.25, -0.2) is 22.8 Å². The predicted octanol–water partition coefficient (Wildman–Crippen LogP) is 4.66. The van der Waals surface area contributed by atoms with E-state index in [9.17, 15) is 52.7 Å². The van der Waals surface area contributed by atoms with E-state index in [1.165, 1.54) is 12.2 Å². The highest BCUT2D eigenvalue weighted by Crippen LogP contribution is 2.65. The van der Waals surface area contributed by atoms with Crippen molar-refractivity contribution in [3.8, 4) is 11.5 Å². The lowest BCUT2D eigenvalue weighted by molar-refractivity contribution is -0.212. The third kappa shape index (κ3) is 12.8. The van der Waals surface area contributed by atoms with E-state index in [1.807, 2.05) is 24.3 Å². The maximum Gasteiger partial charge on any atom is 0.487 e. The van der Waals surface area contributed by atoms with Crippen LogP contribution in [-0.2, 0) is 36.4 Å². The normalized spacial score (nSPS) is 21.3. The minimum absolute atomic E-state index is 0.0256. The Labute approximate surface area is 455 Å². The van der Waals surface area contributed by atoms with E-state index in [4.69, 9.17) is 14.4 Å². The van der Waals surface area contributed by atoms with Crippen LogP contribution in [0.15, 0.2) is 82.5 Å². The second-order valence-electron chi connectivity index (χ2n) is 20.8. The lowest BCUT2D eigenvalue weighted by Crippen LogP contribution is -2.49. The summed E-state index contributed by atoms with van der Waals surface area (Å²) in [6.07, 6.45) is 4.39. The number of hydrogen-bond acceptors (Lipinski definition) is 15. The first-order valence-corrected chi connectivity index (χ1v) is 30.0. The summed E-state index contributed by atoms with van der Waals surface area (Å²) in [4.78, 5) is 97.8. The molecule has 4 aliphatic heterocycles. The Morgan fingerprint density at radius 2 is 1.66 bits per heavy atom. The number of likely N-dealkylation sites (N-methyl/N-ethyl adjacent to an activating group) is 2. The number of fused-ring (bicyclic) bond motifs is 4. The average Bonchev–Trinajstić information content (AvgIpc) is 3.68. The number of carbonyl (C=O) groups excluding carboxylic acids is 2. The van der Waals surface area contributed by atoms with Crippen molar-refractivity contribution in [2.24, 2.45) is 0 Å². The van der Waals surface area contributed by atoms with Crippen LogP contribution in [0.4, 0.5) is 5.69 Å². The highest BCUT2D eigenvalue weighted by Gasteiger charge is 2.42. The Kier molecular flexibility index (Phi) is 16.9. The Morgan fingerprint density at radius 1 is 0.949 bits per heavy atom. The molecule has 8 rings (SSSR count). The molecule has 26 heteroatoms. The molecule has 3 unspecified atom stereocenters. The van der Waals surface area contributed by atoms with E-state index in [0.717, 1.165) is 79.1 Å². The number of anilines is 1. The van der Waals surface area contributed by atoms with Gasteiger partial charge in [-0.15, -0.1) is 0 Å². The molecule has 4 aliphatic rings. The fourth-order valence-corrected chi connectivity index (χ4v) is 13.9. The van der Waals surface area contributed by atoms with Crippen LogP contribution in [0.3, 0.4) is 0 Å². The van der Waals surface area contributed by atoms with Gasteiger partial charge in [-0.1, -0.05) is 36.4 Å². The number of H-pyrrole nitrogens is 1. The largest absolute Gasteiger partial charge is 0.756 e. The maximum absolute atomic E-state index is 14.7. The standard InChI is InChI=1S/C53H65N6O17P3/c1-10-58-40-24-43-38(22-36(40)31(3)27-52(58,5)6)48(39-23-37-32(4)28-53(7,8)59(11-2)41(37)25-44(39)73-43)34-17-12-13-18-35(34)50(63)56(9)21-15-19-46(61)54-20-14-16-33-29-57(51(64)55-49(33)62)47-26-42(60)45(74-47)30-72-78(68,69)76-79(70,71)75-77(65,66)67/h12-14,16-18,22-25,27-29,42,45,47,60H,10-11,15,19-21,26,30H2,1-9H3,(H5-,54,55,61,62,64,65,66,67,68,69,70,71)/b16-14+/t42-,45+,47+/m0/s1. The van der Waals surface area contributed by atoms with Gasteiger partial charge >= 0.3 is 21.3 Å². The molecule has 2 amide bonds. The van der Waals surface area contributed by atoms with Crippen molar-refractivity contribution in [2.45, 2.75) is 104 Å². The SMILES string of the molecule is CCN1c2cc3c(cc2C(C)=CC1(C)C)C(c1ccccc1C(=O)N(C)CCCC(=O)NC/C=C/c1cn([C@H]2C[C@H](O)[C@@H](COP(=O)(O)OP(=O)(O)OP(=O)([O-])O)O2)c(=O)[nH]c1=O)=c1cc2c(cc1O3)=[N+](CC)C(C)(C)C=C2C. The summed E-state index contributed by atoms with van der Waals surface area (Å²) in [6.45, 7) is 18.2. The van der Waals surface area contributed by atoms with Gasteiger partial charge in [0.1, 0.15) is 30.4 Å². The van der Waals surface area contributed by atoms with Crippen molar-refractivity contribution < 1.29 is 70.6 Å². The molecular formula is C53H65N6O17P3. The lowest BCUT2D eigenvalue weighted by atomic mass is 9.83. The molecular weight excluding hydrogens is 1090 g/mol.